The molecular formula is C33H34F3N5O6. The monoisotopic (exact) mass is 653 g/mol. The maximum Gasteiger partial charge on any atom is 0.573 e. The third kappa shape index (κ3) is 8.06. The number of aromatic nitrogens is 2. The molecule has 14 heteroatoms. The second-order valence-electron chi connectivity index (χ2n) is 11.7. The third-order valence-corrected chi connectivity index (χ3v) is 8.20. The molecule has 3 atom stereocenters. The molecule has 0 amide bonds. The molecule has 6 rings (SSSR count). The number of imidazole rings is 1. The Kier molecular flexibility index (Phi) is 9.12. The molecule has 0 bridgehead atoms. The first-order valence-corrected chi connectivity index (χ1v) is 15.2. The zero-order valence-corrected chi connectivity index (χ0v) is 25.8. The van der Waals surface area contributed by atoms with Gasteiger partial charge in [-0.15, -0.1) is 13.2 Å². The van der Waals surface area contributed by atoms with Crippen molar-refractivity contribution in [2.45, 2.75) is 57.9 Å². The van der Waals surface area contributed by atoms with E-state index in [1.165, 1.54) is 30.5 Å². The highest BCUT2D eigenvalue weighted by molar-refractivity contribution is 5.50. The maximum absolute atomic E-state index is 12.4. The Hall–Kier alpha value is -4.98. The number of aryl methyl sites for hydroxylation is 1. The van der Waals surface area contributed by atoms with Crippen LogP contribution < -0.4 is 23.8 Å². The Morgan fingerprint density at radius 3 is 2.21 bits per heavy atom. The van der Waals surface area contributed by atoms with Crippen LogP contribution in [0.2, 0.25) is 0 Å². The number of hydrogen-bond donors (Lipinski definition) is 0. The van der Waals surface area contributed by atoms with E-state index in [0.717, 1.165) is 36.6 Å². The largest absolute Gasteiger partial charge is 0.573 e. The molecule has 3 heterocycles. The lowest BCUT2D eigenvalue weighted by atomic mass is 10.1. The van der Waals surface area contributed by atoms with Gasteiger partial charge in [-0.1, -0.05) is 12.1 Å². The standard InChI is InChI=1S/C33H34F3N5O6/c1-22-18-40(25-5-9-26(10-6-25)44-21-30-15-16-38-20-31(41(42)43)37-32(38)46-30)23(2)17-39(22)19-24-3-7-27(8-4-24)45-28-11-13-29(14-12-28)47-33(34,35)36/h3-14,20,22-23,30H,15-19,21H2,1-2H3/t22-,23+,30+/m1/s1. The van der Waals surface area contributed by atoms with E-state index in [1.807, 2.05) is 36.4 Å². The van der Waals surface area contributed by atoms with Gasteiger partial charge in [0.25, 0.3) is 0 Å². The number of nitrogens with zero attached hydrogens (tertiary/aromatic N) is 5. The third-order valence-electron chi connectivity index (χ3n) is 8.20. The van der Waals surface area contributed by atoms with Crippen LogP contribution in [0.5, 0.6) is 29.0 Å². The number of piperazine rings is 1. The van der Waals surface area contributed by atoms with E-state index in [0.29, 0.717) is 37.1 Å². The Balaban J connectivity index is 0.974. The van der Waals surface area contributed by atoms with Crippen molar-refractivity contribution in [3.05, 3.63) is 94.7 Å². The Morgan fingerprint density at radius 1 is 0.915 bits per heavy atom. The first-order valence-electron chi connectivity index (χ1n) is 15.2. The van der Waals surface area contributed by atoms with E-state index in [-0.39, 0.29) is 29.7 Å². The van der Waals surface area contributed by atoms with E-state index in [4.69, 9.17) is 14.2 Å². The van der Waals surface area contributed by atoms with Crippen LogP contribution in [0.4, 0.5) is 24.7 Å². The Morgan fingerprint density at radius 2 is 1.55 bits per heavy atom. The molecule has 0 aliphatic carbocycles. The van der Waals surface area contributed by atoms with E-state index < -0.39 is 11.3 Å². The minimum Gasteiger partial charge on any atom is -0.490 e. The average molecular weight is 654 g/mol. The van der Waals surface area contributed by atoms with Gasteiger partial charge in [0, 0.05) is 55.4 Å². The summed E-state index contributed by atoms with van der Waals surface area (Å²) in [4.78, 5) is 19.2. The summed E-state index contributed by atoms with van der Waals surface area (Å²) in [6, 6.07) is 21.8. The van der Waals surface area contributed by atoms with Crippen LogP contribution in [0.25, 0.3) is 0 Å². The highest BCUT2D eigenvalue weighted by Gasteiger charge is 2.32. The lowest BCUT2D eigenvalue weighted by Crippen LogP contribution is -2.56. The van der Waals surface area contributed by atoms with Gasteiger partial charge >= 0.3 is 18.2 Å². The number of fused-ring (bicyclic) bond motifs is 1. The minimum atomic E-state index is -4.74. The fourth-order valence-electron chi connectivity index (χ4n) is 5.78. The molecule has 1 aromatic heterocycles. The molecule has 0 spiro atoms. The van der Waals surface area contributed by atoms with Gasteiger partial charge in [-0.3, -0.25) is 9.47 Å². The van der Waals surface area contributed by atoms with E-state index in [9.17, 15) is 23.3 Å². The quantitative estimate of drug-likeness (QED) is 0.135. The van der Waals surface area contributed by atoms with Crippen molar-refractivity contribution in [3.8, 4) is 29.0 Å². The normalized spacial score (nSPS) is 19.9. The first-order chi connectivity index (χ1) is 22.5. The lowest BCUT2D eigenvalue weighted by molar-refractivity contribution is -0.389. The topological polar surface area (TPSA) is 104 Å². The van der Waals surface area contributed by atoms with Crippen LogP contribution in [0.3, 0.4) is 0 Å². The molecule has 47 heavy (non-hydrogen) atoms. The van der Waals surface area contributed by atoms with Crippen LogP contribution in [-0.2, 0) is 13.1 Å². The SMILES string of the molecule is C[C@@H]1CN(c2ccc(OC[C@@H]3CCn4cc([N+](=O)[O-])nc4O3)cc2)[C@@H](C)CN1Cc1ccc(Oc2ccc(OC(F)(F)F)cc2)cc1. The molecule has 2 aliphatic heterocycles. The second kappa shape index (κ2) is 13.4. The molecular weight excluding hydrogens is 619 g/mol. The molecule has 0 saturated carbocycles. The van der Waals surface area contributed by atoms with Gasteiger partial charge in [-0.25, -0.2) is 0 Å². The summed E-state index contributed by atoms with van der Waals surface area (Å²) in [5.41, 5.74) is 2.24. The second-order valence-corrected chi connectivity index (χ2v) is 11.7. The van der Waals surface area contributed by atoms with Gasteiger partial charge in [-0.2, -0.15) is 0 Å². The zero-order valence-electron chi connectivity index (χ0n) is 25.8. The number of anilines is 1. The summed E-state index contributed by atoms with van der Waals surface area (Å²) in [5, 5.41) is 11.0. The highest BCUT2D eigenvalue weighted by Crippen LogP contribution is 2.30. The molecule has 1 fully saturated rings. The summed E-state index contributed by atoms with van der Waals surface area (Å²) >= 11 is 0. The van der Waals surface area contributed by atoms with E-state index in [1.54, 1.807) is 4.57 Å². The number of nitro groups is 1. The van der Waals surface area contributed by atoms with Crippen LogP contribution in [-0.4, -0.2) is 63.6 Å². The summed E-state index contributed by atoms with van der Waals surface area (Å²) < 4.78 is 60.3. The van der Waals surface area contributed by atoms with Crippen molar-refractivity contribution in [2.75, 3.05) is 24.6 Å². The summed E-state index contributed by atoms with van der Waals surface area (Å²) in [6.45, 7) is 7.81. The van der Waals surface area contributed by atoms with Crippen molar-refractivity contribution < 1.29 is 37.0 Å². The van der Waals surface area contributed by atoms with Gasteiger partial charge in [0.15, 0.2) is 0 Å². The van der Waals surface area contributed by atoms with Crippen molar-refractivity contribution in [1.82, 2.24) is 14.5 Å². The van der Waals surface area contributed by atoms with Crippen LogP contribution in [0, 0.1) is 10.1 Å². The van der Waals surface area contributed by atoms with E-state index >= 15 is 0 Å². The van der Waals surface area contributed by atoms with Crippen LogP contribution >= 0.6 is 0 Å². The van der Waals surface area contributed by atoms with Gasteiger partial charge in [0.05, 0.1) is 0 Å². The summed E-state index contributed by atoms with van der Waals surface area (Å²) in [7, 11) is 0. The number of benzene rings is 3. The molecule has 0 unspecified atom stereocenters. The lowest BCUT2D eigenvalue weighted by Gasteiger charge is -2.45. The van der Waals surface area contributed by atoms with E-state index in [2.05, 4.69) is 45.5 Å². The van der Waals surface area contributed by atoms with Crippen LogP contribution in [0.1, 0.15) is 25.8 Å². The number of rotatable bonds is 10. The molecule has 11 nitrogen and oxygen atoms in total. The molecule has 3 aromatic carbocycles. The van der Waals surface area contributed by atoms with Crippen molar-refractivity contribution >= 4 is 11.5 Å². The van der Waals surface area contributed by atoms with Crippen molar-refractivity contribution in [2.24, 2.45) is 0 Å². The Labute approximate surface area is 269 Å². The van der Waals surface area contributed by atoms with Crippen molar-refractivity contribution in [1.29, 1.82) is 0 Å². The number of hydrogen-bond acceptors (Lipinski definition) is 9. The average Bonchev–Trinajstić information content (AvgIpc) is 3.47. The van der Waals surface area contributed by atoms with Crippen LogP contribution in [0.15, 0.2) is 79.0 Å². The highest BCUT2D eigenvalue weighted by atomic mass is 19.4. The fraction of sp³-hybridized carbons (Fsp3) is 0.364. The molecule has 2 aliphatic rings. The summed E-state index contributed by atoms with van der Waals surface area (Å²) in [6.07, 6.45) is -2.93. The molecule has 0 N–H and O–H groups in total. The number of halogens is 3. The first kappa shape index (κ1) is 32.0. The number of ether oxygens (including phenoxy) is 4. The maximum atomic E-state index is 12.4. The van der Waals surface area contributed by atoms with Gasteiger partial charge in [-0.05, 0) is 85.0 Å². The fourth-order valence-corrected chi connectivity index (χ4v) is 5.78. The smallest absolute Gasteiger partial charge is 0.490 e. The minimum absolute atomic E-state index is 0.225. The molecule has 1 saturated heterocycles. The predicted octanol–water partition coefficient (Wildman–Crippen LogP) is 6.81. The van der Waals surface area contributed by atoms with Gasteiger partial charge in [0.1, 0.15) is 41.9 Å². The summed E-state index contributed by atoms with van der Waals surface area (Å²) in [5.74, 6) is 1.19. The number of alkyl halides is 3. The zero-order chi connectivity index (χ0) is 33.1. The van der Waals surface area contributed by atoms with Crippen molar-refractivity contribution in [3.63, 3.8) is 0 Å². The molecule has 0 radical (unpaired) electrons. The predicted molar refractivity (Wildman–Crippen MR) is 166 cm³/mol. The van der Waals surface area contributed by atoms with Gasteiger partial charge < -0.3 is 34.0 Å². The Bertz CT molecular complexity index is 1660. The molecule has 4 aromatic rings. The molecule has 248 valence electrons. The van der Waals surface area contributed by atoms with Gasteiger partial charge in [0.2, 0.25) is 0 Å².